The quantitative estimate of drug-likeness (QED) is 0.0559. The Kier molecular flexibility index (Phi) is 15.4. The summed E-state index contributed by atoms with van der Waals surface area (Å²) in [5, 5.41) is 225. The summed E-state index contributed by atoms with van der Waals surface area (Å²) in [6.07, 6.45) is -23.4. The predicted octanol–water partition coefficient (Wildman–Crippen LogP) is -0.193. The average Bonchev–Trinajstić information content (AvgIpc) is 2.36. The number of aromatic hydroxyl groups is 17. The van der Waals surface area contributed by atoms with Gasteiger partial charge in [-0.2, -0.15) is 0 Å². The van der Waals surface area contributed by atoms with Crippen LogP contribution in [0, 0.1) is 0 Å². The SMILES string of the molecule is O=C(O[C@H]1O[C@H](CO)[C@@H](O)[C@@H]2OC(=O)c3cc(O)c(O)c(O)c3-c3c(cc(O)c(O)c3O)C(=O)O[C@@H]12)c1cc(O)c(O)c(Oc2c(C(=O)O[C@H]3O[C@@H]4COC(=O)c5cc(O)c(O)c(O)c5-c5c(cc(O)c(O)c5O)C(=O)O[C@H]4[C@H](O)[C@H]3O)cc(O)c(O)c2O)c1. The van der Waals surface area contributed by atoms with E-state index in [1.807, 2.05) is 0 Å². The van der Waals surface area contributed by atoms with Crippen molar-refractivity contribution in [2.45, 2.75) is 61.4 Å². The molecule has 4 aliphatic heterocycles. The number of hydrogen-bond acceptors (Lipinski definition) is 36. The summed E-state index contributed by atoms with van der Waals surface area (Å²) in [4.78, 5) is 83.9. The second-order valence-corrected chi connectivity index (χ2v) is 19.7. The van der Waals surface area contributed by atoms with Crippen LogP contribution in [0.2, 0.25) is 0 Å². The molecule has 36 heteroatoms. The van der Waals surface area contributed by atoms with E-state index in [1.54, 1.807) is 0 Å². The van der Waals surface area contributed by atoms with Crippen LogP contribution in [0.4, 0.5) is 0 Å². The number of carbonyl (C=O) groups excluding carboxylic acids is 6. The molecule has 10 rings (SSSR count). The Morgan fingerprint density at radius 3 is 1.31 bits per heavy atom. The largest absolute Gasteiger partial charge is 0.504 e. The lowest BCUT2D eigenvalue weighted by molar-refractivity contribution is -0.284. The van der Waals surface area contributed by atoms with Crippen LogP contribution < -0.4 is 4.74 Å². The number of benzene rings is 6. The van der Waals surface area contributed by atoms with Crippen LogP contribution >= 0.6 is 0 Å². The minimum Gasteiger partial charge on any atom is -0.504 e. The molecule has 2 saturated heterocycles. The molecule has 36 nitrogen and oxygen atoms in total. The number of ether oxygens (including phenoxy) is 9. The zero-order valence-corrected chi connectivity index (χ0v) is 44.2. The number of rotatable bonds is 7. The van der Waals surface area contributed by atoms with E-state index in [0.717, 1.165) is 0 Å². The molecule has 0 amide bonds. The number of esters is 6. The molecule has 0 saturated carbocycles. The van der Waals surface area contributed by atoms with Crippen molar-refractivity contribution < 1.29 is 179 Å². The van der Waals surface area contributed by atoms with Gasteiger partial charge in [-0.1, -0.05) is 0 Å². The molecule has 90 heavy (non-hydrogen) atoms. The van der Waals surface area contributed by atoms with Crippen molar-refractivity contribution in [3.63, 3.8) is 0 Å². The molecule has 10 atom stereocenters. The van der Waals surface area contributed by atoms with E-state index in [1.165, 1.54) is 0 Å². The normalized spacial score (nSPS) is 23.0. The van der Waals surface area contributed by atoms with Crippen LogP contribution in [-0.2, 0) is 37.9 Å². The number of hydrogen-bond donors (Lipinski definition) is 21. The van der Waals surface area contributed by atoms with E-state index < -0.39 is 275 Å². The van der Waals surface area contributed by atoms with Gasteiger partial charge in [-0.25, -0.2) is 28.8 Å². The lowest BCUT2D eigenvalue weighted by atomic mass is 9.91. The third kappa shape index (κ3) is 10.1. The Hall–Kier alpha value is -11.7. The van der Waals surface area contributed by atoms with Crippen molar-refractivity contribution in [1.82, 2.24) is 0 Å². The number of aliphatic hydroxyl groups excluding tert-OH is 4. The van der Waals surface area contributed by atoms with Crippen molar-refractivity contribution >= 4 is 35.8 Å². The summed E-state index contributed by atoms with van der Waals surface area (Å²) >= 11 is 0. The first-order chi connectivity index (χ1) is 42.4. The first-order valence-corrected chi connectivity index (χ1v) is 25.2. The highest BCUT2D eigenvalue weighted by Gasteiger charge is 2.54. The van der Waals surface area contributed by atoms with Gasteiger partial charge in [0.05, 0.1) is 34.4 Å². The van der Waals surface area contributed by atoms with Crippen molar-refractivity contribution in [1.29, 1.82) is 0 Å². The number of cyclic esters (lactones) is 1. The highest BCUT2D eigenvalue weighted by Crippen LogP contribution is 2.56. The van der Waals surface area contributed by atoms with Gasteiger partial charge in [0.1, 0.15) is 42.7 Å². The zero-order chi connectivity index (χ0) is 65.7. The smallest absolute Gasteiger partial charge is 0.344 e. The van der Waals surface area contributed by atoms with E-state index in [-0.39, 0.29) is 0 Å². The Morgan fingerprint density at radius 1 is 0.422 bits per heavy atom. The highest BCUT2D eigenvalue weighted by atomic mass is 16.7. The second-order valence-electron chi connectivity index (χ2n) is 19.7. The Balaban J connectivity index is 0.947. The van der Waals surface area contributed by atoms with Crippen molar-refractivity contribution in [2.75, 3.05) is 13.2 Å². The molecule has 0 unspecified atom stereocenters. The first-order valence-electron chi connectivity index (χ1n) is 25.2. The lowest BCUT2D eigenvalue weighted by Gasteiger charge is -2.42. The second kappa shape index (κ2) is 22.5. The van der Waals surface area contributed by atoms with E-state index >= 15 is 0 Å². The molecule has 4 aliphatic rings. The van der Waals surface area contributed by atoms with Crippen LogP contribution in [0.5, 0.6) is 109 Å². The van der Waals surface area contributed by atoms with Crippen molar-refractivity contribution in [3.05, 3.63) is 75.8 Å². The molecule has 474 valence electrons. The molecule has 2 fully saturated rings. The van der Waals surface area contributed by atoms with Gasteiger partial charge in [-0.15, -0.1) is 0 Å². The summed E-state index contributed by atoms with van der Waals surface area (Å²) in [5.41, 5.74) is -10.5. The van der Waals surface area contributed by atoms with Crippen LogP contribution in [-0.4, -0.2) is 218 Å². The van der Waals surface area contributed by atoms with Gasteiger partial charge < -0.3 is 150 Å². The minimum atomic E-state index is -2.57. The molecule has 0 aromatic heterocycles. The van der Waals surface area contributed by atoms with Gasteiger partial charge >= 0.3 is 35.8 Å². The van der Waals surface area contributed by atoms with Crippen LogP contribution in [0.1, 0.15) is 62.1 Å². The van der Waals surface area contributed by atoms with Gasteiger partial charge in [-0.05, 0) is 36.4 Å². The van der Waals surface area contributed by atoms with Gasteiger partial charge in [0.25, 0.3) is 0 Å². The fourth-order valence-electron chi connectivity index (χ4n) is 9.83. The van der Waals surface area contributed by atoms with E-state index in [4.69, 9.17) is 42.6 Å². The molecule has 21 N–H and O–H groups in total. The summed E-state index contributed by atoms with van der Waals surface area (Å²) < 4.78 is 48.7. The zero-order valence-electron chi connectivity index (χ0n) is 44.2. The third-order valence-electron chi connectivity index (χ3n) is 14.3. The van der Waals surface area contributed by atoms with Crippen molar-refractivity contribution in [2.24, 2.45) is 0 Å². The van der Waals surface area contributed by atoms with Gasteiger partial charge in [0.2, 0.25) is 58.9 Å². The van der Waals surface area contributed by atoms with Gasteiger partial charge in [-0.3, -0.25) is 0 Å². The number of aliphatic hydroxyl groups is 4. The highest BCUT2D eigenvalue weighted by molar-refractivity contribution is 6.10. The van der Waals surface area contributed by atoms with Crippen LogP contribution in [0.25, 0.3) is 22.3 Å². The van der Waals surface area contributed by atoms with E-state index in [2.05, 4.69) is 0 Å². The number of carbonyl (C=O) groups is 6. The molecule has 4 heterocycles. The molecular weight excluding hydrogens is 1220 g/mol. The molecule has 0 bridgehead atoms. The van der Waals surface area contributed by atoms with Gasteiger partial charge in [0, 0.05) is 28.3 Å². The number of phenols is 17. The predicted molar refractivity (Wildman–Crippen MR) is 276 cm³/mol. The average molecular weight is 1270 g/mol. The number of phenolic OH excluding ortho intramolecular Hbond substituents is 17. The molecule has 0 spiro atoms. The molecule has 0 aliphatic carbocycles. The molecule has 6 aromatic carbocycles. The fraction of sp³-hybridized carbons (Fsp3) is 0.222. The topological polar surface area (TPSA) is 610 Å². The third-order valence-corrected chi connectivity index (χ3v) is 14.3. The van der Waals surface area contributed by atoms with Crippen molar-refractivity contribution in [3.8, 4) is 131 Å². The summed E-state index contributed by atoms with van der Waals surface area (Å²) in [6.45, 7) is -2.42. The van der Waals surface area contributed by atoms with Crippen LogP contribution in [0.15, 0.2) is 42.5 Å². The summed E-state index contributed by atoms with van der Waals surface area (Å²) in [6, 6.07) is 2.95. The standard InChI is InChI=1S/C54H42O36/c55-8-23-35(68)45-46(88-51(80)14-6-20(60)33(66)39(72)28(14)27-13(50(79)87-45)5-19(59)32(65)38(27)71)54(84-23)89-47(76)10-1-16(56)29(62)22(2-10)83-43-15(7-21(61)34(67)40(43)73)52(81)90-53-42(75)41(74)44-24(85-53)9-82-48(77)11-3-17(57)30(63)36(69)25(11)26-12(49(78)86-44)4-18(58)31(64)37(26)70/h1-7,23-24,35,41-42,44-46,53-75H,8-9H2/t23-,24-,35-,41-,42-,44-,45+,46-,53-,54-/m1/s1. The maximum Gasteiger partial charge on any atom is 0.344 e. The van der Waals surface area contributed by atoms with E-state index in [9.17, 15) is 136 Å². The monoisotopic (exact) mass is 1270 g/mol. The maximum absolute atomic E-state index is 14.1. The maximum atomic E-state index is 14.1. The van der Waals surface area contributed by atoms with E-state index in [0.29, 0.717) is 42.5 Å². The Labute approximate surface area is 495 Å². The fourth-order valence-corrected chi connectivity index (χ4v) is 9.83. The molecule has 6 aromatic rings. The summed E-state index contributed by atoms with van der Waals surface area (Å²) in [7, 11) is 0. The Bertz CT molecular complexity index is 4080. The molecular formula is C54H42O36. The van der Waals surface area contributed by atoms with Crippen LogP contribution in [0.3, 0.4) is 0 Å². The lowest BCUT2D eigenvalue weighted by Crippen LogP contribution is -2.62. The minimum absolute atomic E-state index is 0.306. The summed E-state index contributed by atoms with van der Waals surface area (Å²) in [5.74, 6) is -36.3. The first kappa shape index (κ1) is 61.4. The number of fused-ring (bicyclic) bond motifs is 8. The van der Waals surface area contributed by atoms with Gasteiger partial charge in [0.15, 0.2) is 81.2 Å². The Morgan fingerprint density at radius 2 is 0.833 bits per heavy atom. The molecule has 0 radical (unpaired) electrons.